The van der Waals surface area contributed by atoms with Gasteiger partial charge in [0, 0.05) is 17.2 Å². The average Bonchev–Trinajstić information content (AvgIpc) is 2.42. The van der Waals surface area contributed by atoms with Gasteiger partial charge in [0.2, 0.25) is 11.6 Å². The first kappa shape index (κ1) is 14.5. The molecule has 1 aromatic carbocycles. The zero-order valence-corrected chi connectivity index (χ0v) is 12.6. The van der Waals surface area contributed by atoms with Crippen molar-refractivity contribution in [3.8, 4) is 0 Å². The molecule has 2 aromatic rings. The summed E-state index contributed by atoms with van der Waals surface area (Å²) in [5.41, 5.74) is 0.395. The molecule has 9 heteroatoms. The molecule has 0 aliphatic carbocycles. The first-order valence-electron chi connectivity index (χ1n) is 5.42. The number of halogens is 2. The SMILES string of the molecule is CNc1ncnc(Nc2ccc(Cl)c(Br)c2)c1[N+](=O)[O-]. The van der Waals surface area contributed by atoms with Crippen LogP contribution in [0.15, 0.2) is 29.0 Å². The Kier molecular flexibility index (Phi) is 4.35. The van der Waals surface area contributed by atoms with E-state index in [4.69, 9.17) is 11.6 Å². The number of nitrogens with one attached hydrogen (secondary N) is 2. The minimum atomic E-state index is -0.543. The minimum absolute atomic E-state index is 0.101. The second-order valence-electron chi connectivity index (χ2n) is 3.68. The van der Waals surface area contributed by atoms with Gasteiger partial charge in [0.15, 0.2) is 0 Å². The molecule has 0 saturated carbocycles. The van der Waals surface area contributed by atoms with E-state index in [1.165, 1.54) is 6.33 Å². The van der Waals surface area contributed by atoms with Crippen LogP contribution in [0.5, 0.6) is 0 Å². The number of anilines is 3. The number of nitro groups is 1. The molecule has 0 atom stereocenters. The first-order chi connectivity index (χ1) is 9.52. The van der Waals surface area contributed by atoms with Gasteiger partial charge in [-0.05, 0) is 34.1 Å². The minimum Gasteiger partial charge on any atom is -0.367 e. The second kappa shape index (κ2) is 6.02. The van der Waals surface area contributed by atoms with E-state index in [9.17, 15) is 10.1 Å². The monoisotopic (exact) mass is 357 g/mol. The molecule has 0 saturated heterocycles. The fourth-order valence-electron chi connectivity index (χ4n) is 1.54. The topological polar surface area (TPSA) is 93.0 Å². The van der Waals surface area contributed by atoms with Crippen LogP contribution in [-0.2, 0) is 0 Å². The summed E-state index contributed by atoms with van der Waals surface area (Å²) in [4.78, 5) is 18.3. The van der Waals surface area contributed by atoms with E-state index in [0.717, 1.165) is 0 Å². The van der Waals surface area contributed by atoms with Gasteiger partial charge in [-0.15, -0.1) is 0 Å². The molecular formula is C11H9BrClN5O2. The van der Waals surface area contributed by atoms with Crippen molar-refractivity contribution in [2.45, 2.75) is 0 Å². The third kappa shape index (κ3) is 2.97. The van der Waals surface area contributed by atoms with E-state index in [1.807, 2.05) is 0 Å². The van der Waals surface area contributed by atoms with Crippen LogP contribution in [0.4, 0.5) is 23.0 Å². The lowest BCUT2D eigenvalue weighted by molar-refractivity contribution is -0.383. The molecule has 0 spiro atoms. The number of aromatic nitrogens is 2. The molecule has 7 nitrogen and oxygen atoms in total. The highest BCUT2D eigenvalue weighted by Crippen LogP contribution is 2.32. The Morgan fingerprint density at radius 3 is 2.65 bits per heavy atom. The molecule has 0 bridgehead atoms. The van der Waals surface area contributed by atoms with E-state index in [-0.39, 0.29) is 17.3 Å². The molecule has 2 N–H and O–H groups in total. The Balaban J connectivity index is 2.42. The summed E-state index contributed by atoms with van der Waals surface area (Å²) in [6.07, 6.45) is 1.24. The number of nitrogens with zero attached hydrogens (tertiary/aromatic N) is 3. The summed E-state index contributed by atoms with van der Waals surface area (Å²) in [7, 11) is 1.55. The van der Waals surface area contributed by atoms with Crippen molar-refractivity contribution in [1.29, 1.82) is 0 Å². The molecule has 104 valence electrons. The summed E-state index contributed by atoms with van der Waals surface area (Å²) in [6, 6.07) is 5.06. The molecule has 2 rings (SSSR count). The van der Waals surface area contributed by atoms with Crippen molar-refractivity contribution in [2.75, 3.05) is 17.7 Å². The van der Waals surface area contributed by atoms with Crippen LogP contribution in [0, 0.1) is 10.1 Å². The third-order valence-electron chi connectivity index (χ3n) is 2.42. The predicted octanol–water partition coefficient (Wildman–Crippen LogP) is 3.59. The molecular weight excluding hydrogens is 350 g/mol. The zero-order chi connectivity index (χ0) is 14.7. The molecule has 0 fully saturated rings. The van der Waals surface area contributed by atoms with Gasteiger partial charge in [0.1, 0.15) is 6.33 Å². The van der Waals surface area contributed by atoms with E-state index in [2.05, 4.69) is 36.5 Å². The molecule has 1 aromatic heterocycles. The van der Waals surface area contributed by atoms with Gasteiger partial charge in [0.05, 0.1) is 9.95 Å². The van der Waals surface area contributed by atoms with Crippen LogP contribution < -0.4 is 10.6 Å². The van der Waals surface area contributed by atoms with E-state index in [1.54, 1.807) is 25.2 Å². The van der Waals surface area contributed by atoms with Crippen molar-refractivity contribution in [2.24, 2.45) is 0 Å². The lowest BCUT2D eigenvalue weighted by Crippen LogP contribution is -2.05. The van der Waals surface area contributed by atoms with Gasteiger partial charge in [-0.2, -0.15) is 0 Å². The maximum atomic E-state index is 11.1. The fourth-order valence-corrected chi connectivity index (χ4v) is 2.03. The highest BCUT2D eigenvalue weighted by molar-refractivity contribution is 9.10. The molecule has 1 heterocycles. The van der Waals surface area contributed by atoms with E-state index < -0.39 is 4.92 Å². The molecule has 0 amide bonds. The maximum absolute atomic E-state index is 11.1. The maximum Gasteiger partial charge on any atom is 0.353 e. The highest BCUT2D eigenvalue weighted by atomic mass is 79.9. The lowest BCUT2D eigenvalue weighted by atomic mass is 10.3. The van der Waals surface area contributed by atoms with E-state index in [0.29, 0.717) is 15.2 Å². The number of rotatable bonds is 4. The normalized spacial score (nSPS) is 10.2. The van der Waals surface area contributed by atoms with E-state index >= 15 is 0 Å². The van der Waals surface area contributed by atoms with Crippen molar-refractivity contribution < 1.29 is 4.92 Å². The summed E-state index contributed by atoms with van der Waals surface area (Å²) in [6.45, 7) is 0. The quantitative estimate of drug-likeness (QED) is 0.641. The number of hydrogen-bond donors (Lipinski definition) is 2. The van der Waals surface area contributed by atoms with Gasteiger partial charge in [-0.1, -0.05) is 11.6 Å². The lowest BCUT2D eigenvalue weighted by Gasteiger charge is -2.08. The summed E-state index contributed by atoms with van der Waals surface area (Å²) < 4.78 is 0.676. The smallest absolute Gasteiger partial charge is 0.353 e. The van der Waals surface area contributed by atoms with Crippen molar-refractivity contribution in [3.05, 3.63) is 44.1 Å². The van der Waals surface area contributed by atoms with Gasteiger partial charge < -0.3 is 10.6 Å². The summed E-state index contributed by atoms with van der Waals surface area (Å²) in [5, 5.41) is 17.2. The Morgan fingerprint density at radius 2 is 2.05 bits per heavy atom. The van der Waals surface area contributed by atoms with Crippen LogP contribution in [0.1, 0.15) is 0 Å². The summed E-state index contributed by atoms with van der Waals surface area (Å²) in [5.74, 6) is 0.240. The highest BCUT2D eigenvalue weighted by Gasteiger charge is 2.22. The van der Waals surface area contributed by atoms with Crippen LogP contribution in [-0.4, -0.2) is 21.9 Å². The first-order valence-corrected chi connectivity index (χ1v) is 6.59. The average molecular weight is 359 g/mol. The molecule has 0 radical (unpaired) electrons. The van der Waals surface area contributed by atoms with Gasteiger partial charge in [0.25, 0.3) is 0 Å². The molecule has 20 heavy (non-hydrogen) atoms. The largest absolute Gasteiger partial charge is 0.367 e. The van der Waals surface area contributed by atoms with Crippen molar-refractivity contribution in [1.82, 2.24) is 9.97 Å². The predicted molar refractivity (Wildman–Crippen MR) is 80.7 cm³/mol. The van der Waals surface area contributed by atoms with Gasteiger partial charge in [-0.3, -0.25) is 10.1 Å². The fraction of sp³-hybridized carbons (Fsp3) is 0.0909. The third-order valence-corrected chi connectivity index (χ3v) is 3.64. The number of benzene rings is 1. The van der Waals surface area contributed by atoms with Crippen molar-refractivity contribution in [3.63, 3.8) is 0 Å². The van der Waals surface area contributed by atoms with Crippen LogP contribution in [0.25, 0.3) is 0 Å². The second-order valence-corrected chi connectivity index (χ2v) is 4.94. The standard InChI is InChI=1S/C11H9BrClN5O2/c1-14-10-9(18(19)20)11(16-5-15-10)17-6-2-3-8(13)7(12)4-6/h2-5H,1H3,(H2,14,15,16,17). The van der Waals surface area contributed by atoms with Gasteiger partial charge in [-0.25, -0.2) is 9.97 Å². The summed E-state index contributed by atoms with van der Waals surface area (Å²) >= 11 is 9.18. The molecule has 0 aliphatic rings. The molecule has 0 unspecified atom stereocenters. The Bertz CT molecular complexity index is 667. The van der Waals surface area contributed by atoms with Crippen LogP contribution in [0.2, 0.25) is 5.02 Å². The Morgan fingerprint density at radius 1 is 1.35 bits per heavy atom. The Labute approximate surface area is 127 Å². The van der Waals surface area contributed by atoms with Crippen molar-refractivity contribution >= 4 is 50.5 Å². The Hall–Kier alpha value is -1.93. The van der Waals surface area contributed by atoms with Gasteiger partial charge >= 0.3 is 5.69 Å². The van der Waals surface area contributed by atoms with Crippen LogP contribution in [0.3, 0.4) is 0 Å². The van der Waals surface area contributed by atoms with Crippen LogP contribution >= 0.6 is 27.5 Å². The molecule has 0 aliphatic heterocycles. The number of hydrogen-bond acceptors (Lipinski definition) is 6. The zero-order valence-electron chi connectivity index (χ0n) is 10.2.